The number of fused-ring (bicyclic) bond motifs is 2. The Morgan fingerprint density at radius 2 is 1.92 bits per heavy atom. The molecule has 126 valence electrons. The lowest BCUT2D eigenvalue weighted by atomic mass is 10.1. The number of benzene rings is 2. The van der Waals surface area contributed by atoms with Crippen molar-refractivity contribution in [2.24, 2.45) is 0 Å². The smallest absolute Gasteiger partial charge is 0.251 e. The topological polar surface area (TPSA) is 49.4 Å². The highest BCUT2D eigenvalue weighted by atomic mass is 32.1. The van der Waals surface area contributed by atoms with Crippen molar-refractivity contribution in [3.63, 3.8) is 0 Å². The van der Waals surface area contributed by atoms with E-state index in [9.17, 15) is 9.59 Å². The van der Waals surface area contributed by atoms with Crippen LogP contribution >= 0.6 is 11.3 Å². The van der Waals surface area contributed by atoms with E-state index in [4.69, 9.17) is 0 Å². The normalized spacial score (nSPS) is 13.5. The summed E-state index contributed by atoms with van der Waals surface area (Å²) in [6.07, 6.45) is 0.900. The van der Waals surface area contributed by atoms with E-state index in [-0.39, 0.29) is 18.4 Å². The van der Waals surface area contributed by atoms with Crippen LogP contribution in [0.2, 0.25) is 0 Å². The lowest BCUT2D eigenvalue weighted by Crippen LogP contribution is -2.42. The molecule has 0 atom stereocenters. The average molecular weight is 350 g/mol. The molecule has 2 heterocycles. The minimum Gasteiger partial charge on any atom is -0.343 e. The van der Waals surface area contributed by atoms with Crippen LogP contribution in [0, 0.1) is 0 Å². The number of carbonyl (C=O) groups is 2. The molecule has 0 spiro atoms. The second-order valence-electron chi connectivity index (χ2n) is 6.18. The molecular weight excluding hydrogens is 332 g/mol. The summed E-state index contributed by atoms with van der Waals surface area (Å²) >= 11 is 1.75. The molecule has 0 saturated heterocycles. The maximum absolute atomic E-state index is 12.4. The molecule has 3 aromatic rings. The van der Waals surface area contributed by atoms with E-state index in [2.05, 4.69) is 16.8 Å². The van der Waals surface area contributed by atoms with E-state index in [1.165, 1.54) is 10.4 Å². The van der Waals surface area contributed by atoms with Crippen LogP contribution in [0.4, 0.5) is 0 Å². The van der Waals surface area contributed by atoms with Gasteiger partial charge in [-0.05, 0) is 46.3 Å². The van der Waals surface area contributed by atoms with Crippen molar-refractivity contribution in [3.8, 4) is 0 Å². The van der Waals surface area contributed by atoms with E-state index in [1.807, 2.05) is 41.3 Å². The Kier molecular flexibility index (Phi) is 4.24. The van der Waals surface area contributed by atoms with E-state index in [0.29, 0.717) is 12.1 Å². The van der Waals surface area contributed by atoms with Crippen LogP contribution < -0.4 is 5.32 Å². The number of rotatable bonds is 3. The summed E-state index contributed by atoms with van der Waals surface area (Å²) in [6, 6.07) is 15.6. The van der Waals surface area contributed by atoms with Gasteiger partial charge in [-0.15, -0.1) is 11.3 Å². The van der Waals surface area contributed by atoms with Gasteiger partial charge in [-0.3, -0.25) is 9.59 Å². The summed E-state index contributed by atoms with van der Waals surface area (Å²) in [6.45, 7) is 1.40. The van der Waals surface area contributed by atoms with Crippen molar-refractivity contribution in [3.05, 3.63) is 69.9 Å². The third kappa shape index (κ3) is 3.28. The molecule has 4 nitrogen and oxygen atoms in total. The van der Waals surface area contributed by atoms with Crippen LogP contribution in [-0.2, 0) is 17.8 Å². The van der Waals surface area contributed by atoms with Gasteiger partial charge in [0.25, 0.3) is 5.91 Å². The predicted molar refractivity (Wildman–Crippen MR) is 99.7 cm³/mol. The number of nitrogens with zero attached hydrogens (tertiary/aromatic N) is 1. The lowest BCUT2D eigenvalue weighted by Gasteiger charge is -2.27. The Morgan fingerprint density at radius 3 is 2.80 bits per heavy atom. The molecule has 2 aromatic carbocycles. The summed E-state index contributed by atoms with van der Waals surface area (Å²) in [4.78, 5) is 27.9. The van der Waals surface area contributed by atoms with Gasteiger partial charge in [-0.1, -0.05) is 30.3 Å². The molecule has 1 N–H and O–H groups in total. The first kappa shape index (κ1) is 15.8. The van der Waals surface area contributed by atoms with Crippen molar-refractivity contribution >= 4 is 33.9 Å². The number of hydrogen-bond acceptors (Lipinski definition) is 3. The highest BCUT2D eigenvalue weighted by Gasteiger charge is 2.21. The number of thiophene rings is 1. The van der Waals surface area contributed by atoms with Gasteiger partial charge in [0, 0.05) is 23.5 Å². The number of amides is 2. The van der Waals surface area contributed by atoms with Crippen LogP contribution in [0.25, 0.3) is 10.8 Å². The van der Waals surface area contributed by atoms with E-state index in [1.54, 1.807) is 17.4 Å². The average Bonchev–Trinajstić information content (AvgIpc) is 3.13. The summed E-state index contributed by atoms with van der Waals surface area (Å²) in [7, 11) is 0. The van der Waals surface area contributed by atoms with Gasteiger partial charge >= 0.3 is 0 Å². The van der Waals surface area contributed by atoms with Crippen LogP contribution in [-0.4, -0.2) is 29.8 Å². The second kappa shape index (κ2) is 6.69. The van der Waals surface area contributed by atoms with E-state index < -0.39 is 0 Å². The molecule has 5 heteroatoms. The van der Waals surface area contributed by atoms with Gasteiger partial charge in [0.1, 0.15) is 0 Å². The third-order valence-electron chi connectivity index (χ3n) is 4.57. The molecule has 0 saturated carbocycles. The van der Waals surface area contributed by atoms with Crippen molar-refractivity contribution in [2.75, 3.05) is 13.1 Å². The number of hydrogen-bond donors (Lipinski definition) is 1. The molecule has 1 aliphatic heterocycles. The van der Waals surface area contributed by atoms with Crippen LogP contribution in [0.5, 0.6) is 0 Å². The van der Waals surface area contributed by atoms with Gasteiger partial charge in [-0.25, -0.2) is 0 Å². The summed E-state index contributed by atoms with van der Waals surface area (Å²) in [5.74, 6) is -0.252. The molecule has 0 aliphatic carbocycles. The van der Waals surface area contributed by atoms with Crippen molar-refractivity contribution in [2.45, 2.75) is 13.0 Å². The molecule has 4 rings (SSSR count). The van der Waals surface area contributed by atoms with Crippen molar-refractivity contribution in [1.82, 2.24) is 10.2 Å². The Labute approximate surface area is 150 Å². The summed E-state index contributed by atoms with van der Waals surface area (Å²) in [5.41, 5.74) is 1.80. The summed E-state index contributed by atoms with van der Waals surface area (Å²) < 4.78 is 0. The lowest BCUT2D eigenvalue weighted by molar-refractivity contribution is -0.131. The second-order valence-corrected chi connectivity index (χ2v) is 7.18. The zero-order valence-electron chi connectivity index (χ0n) is 13.7. The summed E-state index contributed by atoms with van der Waals surface area (Å²) in [5, 5.41) is 6.93. The predicted octanol–water partition coefficient (Wildman–Crippen LogP) is 3.22. The molecule has 1 aromatic heterocycles. The molecule has 0 fully saturated rings. The van der Waals surface area contributed by atoms with Gasteiger partial charge in [0.05, 0.1) is 6.54 Å². The standard InChI is InChI=1S/C20H18N2O2S/c23-19(22-9-7-18-17(13-22)8-10-25-18)12-21-20(24)16-6-5-14-3-1-2-4-15(14)11-16/h1-6,8,10-11H,7,9,12-13H2,(H,21,24). The molecule has 1 aliphatic rings. The SMILES string of the molecule is O=C(NCC(=O)N1CCc2sccc2C1)c1ccc2ccccc2c1. The fourth-order valence-corrected chi connectivity index (χ4v) is 4.05. The zero-order chi connectivity index (χ0) is 17.2. The Balaban J connectivity index is 1.38. The van der Waals surface area contributed by atoms with Crippen molar-refractivity contribution < 1.29 is 9.59 Å². The van der Waals surface area contributed by atoms with Crippen molar-refractivity contribution in [1.29, 1.82) is 0 Å². The Morgan fingerprint density at radius 1 is 1.08 bits per heavy atom. The Bertz CT molecular complexity index is 948. The zero-order valence-corrected chi connectivity index (χ0v) is 14.5. The van der Waals surface area contributed by atoms with Gasteiger partial charge in [0.15, 0.2) is 0 Å². The molecular formula is C20H18N2O2S. The Hall–Kier alpha value is -2.66. The van der Waals surface area contributed by atoms with Crippen LogP contribution in [0.3, 0.4) is 0 Å². The van der Waals surface area contributed by atoms with E-state index in [0.717, 1.165) is 23.7 Å². The van der Waals surface area contributed by atoms with Crippen LogP contribution in [0.15, 0.2) is 53.9 Å². The minimum absolute atomic E-state index is 0.0329. The quantitative estimate of drug-likeness (QED) is 0.788. The first-order valence-electron chi connectivity index (χ1n) is 8.31. The fourth-order valence-electron chi connectivity index (χ4n) is 3.16. The highest BCUT2D eigenvalue weighted by Crippen LogP contribution is 2.23. The minimum atomic E-state index is -0.215. The molecule has 0 unspecified atom stereocenters. The number of nitrogens with one attached hydrogen (secondary N) is 1. The first-order chi connectivity index (χ1) is 12.2. The maximum atomic E-state index is 12.4. The van der Waals surface area contributed by atoms with Gasteiger partial charge < -0.3 is 10.2 Å². The molecule has 0 radical (unpaired) electrons. The maximum Gasteiger partial charge on any atom is 0.251 e. The molecule has 25 heavy (non-hydrogen) atoms. The van der Waals surface area contributed by atoms with Crippen LogP contribution in [0.1, 0.15) is 20.8 Å². The molecule has 0 bridgehead atoms. The number of carbonyl (C=O) groups excluding carboxylic acids is 2. The molecule has 2 amide bonds. The largest absolute Gasteiger partial charge is 0.343 e. The first-order valence-corrected chi connectivity index (χ1v) is 9.19. The fraction of sp³-hybridized carbons (Fsp3) is 0.200. The van der Waals surface area contributed by atoms with Gasteiger partial charge in [-0.2, -0.15) is 0 Å². The third-order valence-corrected chi connectivity index (χ3v) is 5.60. The van der Waals surface area contributed by atoms with E-state index >= 15 is 0 Å². The highest BCUT2D eigenvalue weighted by molar-refractivity contribution is 7.10. The monoisotopic (exact) mass is 350 g/mol. The van der Waals surface area contributed by atoms with Gasteiger partial charge in [0.2, 0.25) is 5.91 Å².